The molecule has 1 atom stereocenters. The predicted octanol–water partition coefficient (Wildman–Crippen LogP) is 4.81. The zero-order chi connectivity index (χ0) is 17.9. The van der Waals surface area contributed by atoms with E-state index in [9.17, 15) is 0 Å². The molecule has 0 N–H and O–H groups in total. The van der Waals surface area contributed by atoms with Crippen molar-refractivity contribution >= 4 is 28.3 Å². The van der Waals surface area contributed by atoms with Gasteiger partial charge in [0.05, 0.1) is 10.9 Å². The number of anilines is 1. The lowest BCUT2D eigenvalue weighted by molar-refractivity contribution is -0.0365. The molecule has 1 unspecified atom stereocenters. The van der Waals surface area contributed by atoms with Crippen molar-refractivity contribution in [2.75, 3.05) is 18.1 Å². The topological polar surface area (TPSA) is 43.2 Å². The SMILES string of the molecule is CCN(Cc1ccccc1)c1nn(C2CCCCO2)c2cc(Cl)ncc12. The molecule has 4 rings (SSSR count). The molecule has 0 amide bonds. The fourth-order valence-corrected chi connectivity index (χ4v) is 3.65. The average molecular weight is 371 g/mol. The first-order chi connectivity index (χ1) is 12.8. The van der Waals surface area contributed by atoms with E-state index in [2.05, 4.69) is 41.1 Å². The molecule has 26 heavy (non-hydrogen) atoms. The van der Waals surface area contributed by atoms with Crippen LogP contribution in [0, 0.1) is 0 Å². The fraction of sp³-hybridized carbons (Fsp3) is 0.400. The van der Waals surface area contributed by atoms with Gasteiger partial charge in [-0.15, -0.1) is 0 Å². The Kier molecular flexibility index (Phi) is 5.09. The highest BCUT2D eigenvalue weighted by molar-refractivity contribution is 6.30. The molecule has 2 aromatic heterocycles. The Morgan fingerprint density at radius 3 is 2.85 bits per heavy atom. The lowest BCUT2D eigenvalue weighted by Crippen LogP contribution is -2.24. The quantitative estimate of drug-likeness (QED) is 0.604. The van der Waals surface area contributed by atoms with Crippen molar-refractivity contribution in [2.24, 2.45) is 0 Å². The first-order valence-corrected chi connectivity index (χ1v) is 9.58. The minimum absolute atomic E-state index is 0.0334. The van der Waals surface area contributed by atoms with E-state index in [-0.39, 0.29) is 6.23 Å². The molecule has 0 aliphatic carbocycles. The van der Waals surface area contributed by atoms with E-state index in [0.29, 0.717) is 5.15 Å². The van der Waals surface area contributed by atoms with E-state index in [1.54, 1.807) is 0 Å². The average Bonchev–Trinajstić information content (AvgIpc) is 3.06. The van der Waals surface area contributed by atoms with Crippen LogP contribution in [-0.4, -0.2) is 27.9 Å². The van der Waals surface area contributed by atoms with Gasteiger partial charge in [0.25, 0.3) is 0 Å². The van der Waals surface area contributed by atoms with Gasteiger partial charge in [-0.2, -0.15) is 5.10 Å². The molecule has 1 aromatic carbocycles. The van der Waals surface area contributed by atoms with E-state index in [1.165, 1.54) is 5.56 Å². The summed E-state index contributed by atoms with van der Waals surface area (Å²) < 4.78 is 7.97. The largest absolute Gasteiger partial charge is 0.356 e. The van der Waals surface area contributed by atoms with Crippen molar-refractivity contribution in [1.29, 1.82) is 0 Å². The Labute approximate surface area is 158 Å². The molecule has 3 heterocycles. The Balaban J connectivity index is 1.76. The standard InChI is InChI=1S/C20H23ClN4O/c1-2-24(14-15-8-4-3-5-9-15)20-16-13-22-18(21)12-17(16)25(23-20)19-10-6-7-11-26-19/h3-5,8-9,12-13,19H,2,6-7,10-11,14H2,1H3. The molecule has 5 nitrogen and oxygen atoms in total. The maximum atomic E-state index is 6.18. The summed E-state index contributed by atoms with van der Waals surface area (Å²) in [6.07, 6.45) is 5.03. The lowest BCUT2D eigenvalue weighted by Gasteiger charge is -2.24. The van der Waals surface area contributed by atoms with Crippen molar-refractivity contribution in [2.45, 2.75) is 39.0 Å². The first-order valence-electron chi connectivity index (χ1n) is 9.20. The van der Waals surface area contributed by atoms with Crippen LogP contribution >= 0.6 is 11.6 Å². The summed E-state index contributed by atoms with van der Waals surface area (Å²) >= 11 is 6.18. The zero-order valence-electron chi connectivity index (χ0n) is 14.9. The van der Waals surface area contributed by atoms with E-state index in [1.807, 2.05) is 23.0 Å². The van der Waals surface area contributed by atoms with Crippen LogP contribution < -0.4 is 4.90 Å². The van der Waals surface area contributed by atoms with Gasteiger partial charge in [0.1, 0.15) is 5.15 Å². The van der Waals surface area contributed by atoms with Gasteiger partial charge in [0.2, 0.25) is 0 Å². The van der Waals surface area contributed by atoms with Crippen LogP contribution in [0.1, 0.15) is 38.0 Å². The number of hydrogen-bond acceptors (Lipinski definition) is 4. The summed E-state index contributed by atoms with van der Waals surface area (Å²) in [5, 5.41) is 6.43. The van der Waals surface area contributed by atoms with Crippen molar-refractivity contribution < 1.29 is 4.74 Å². The maximum absolute atomic E-state index is 6.18. The Hall–Kier alpha value is -2.11. The second-order valence-corrected chi connectivity index (χ2v) is 7.00. The molecule has 136 valence electrons. The minimum Gasteiger partial charge on any atom is -0.356 e. The summed E-state index contributed by atoms with van der Waals surface area (Å²) in [5.41, 5.74) is 2.24. The molecule has 0 bridgehead atoms. The molecule has 0 saturated carbocycles. The van der Waals surface area contributed by atoms with Crippen LogP contribution in [0.15, 0.2) is 42.6 Å². The second kappa shape index (κ2) is 7.64. The van der Waals surface area contributed by atoms with Gasteiger partial charge < -0.3 is 9.64 Å². The normalized spacial score (nSPS) is 17.5. The summed E-state index contributed by atoms with van der Waals surface area (Å²) in [6.45, 7) is 4.59. The zero-order valence-corrected chi connectivity index (χ0v) is 15.7. The molecular formula is C20H23ClN4O. The van der Waals surface area contributed by atoms with Gasteiger partial charge in [0.15, 0.2) is 12.0 Å². The van der Waals surface area contributed by atoms with Gasteiger partial charge in [-0.25, -0.2) is 9.67 Å². The predicted molar refractivity (Wildman–Crippen MR) is 105 cm³/mol. The Morgan fingerprint density at radius 2 is 2.12 bits per heavy atom. The van der Waals surface area contributed by atoms with Crippen LogP contribution in [0.5, 0.6) is 0 Å². The summed E-state index contributed by atoms with van der Waals surface area (Å²) in [7, 11) is 0. The molecule has 1 saturated heterocycles. The smallest absolute Gasteiger partial charge is 0.160 e. The first kappa shape index (κ1) is 17.3. The number of aromatic nitrogens is 3. The van der Waals surface area contributed by atoms with Gasteiger partial charge in [0, 0.05) is 32.0 Å². The van der Waals surface area contributed by atoms with Gasteiger partial charge in [-0.05, 0) is 31.7 Å². The minimum atomic E-state index is -0.0334. The third kappa shape index (κ3) is 3.41. The van der Waals surface area contributed by atoms with E-state index in [0.717, 1.165) is 55.7 Å². The molecule has 1 fully saturated rings. The van der Waals surface area contributed by atoms with E-state index in [4.69, 9.17) is 21.4 Å². The number of benzene rings is 1. The number of fused-ring (bicyclic) bond motifs is 1. The van der Waals surface area contributed by atoms with Crippen molar-refractivity contribution in [3.8, 4) is 0 Å². The van der Waals surface area contributed by atoms with Crippen LogP contribution in [-0.2, 0) is 11.3 Å². The van der Waals surface area contributed by atoms with Crippen molar-refractivity contribution in [3.63, 3.8) is 0 Å². The molecular weight excluding hydrogens is 348 g/mol. The molecule has 1 aliphatic heterocycles. The van der Waals surface area contributed by atoms with E-state index >= 15 is 0 Å². The van der Waals surface area contributed by atoms with Crippen LogP contribution in [0.3, 0.4) is 0 Å². The summed E-state index contributed by atoms with van der Waals surface area (Å²) in [5.74, 6) is 0.935. The van der Waals surface area contributed by atoms with Crippen molar-refractivity contribution in [1.82, 2.24) is 14.8 Å². The van der Waals surface area contributed by atoms with Crippen LogP contribution in [0.25, 0.3) is 10.9 Å². The highest BCUT2D eigenvalue weighted by Crippen LogP contribution is 2.33. The number of pyridine rings is 1. The Bertz CT molecular complexity index is 874. The molecule has 6 heteroatoms. The molecule has 0 spiro atoms. The third-order valence-electron chi connectivity index (χ3n) is 4.86. The highest BCUT2D eigenvalue weighted by atomic mass is 35.5. The molecule has 1 aliphatic rings. The van der Waals surface area contributed by atoms with E-state index < -0.39 is 0 Å². The fourth-order valence-electron chi connectivity index (χ4n) is 3.50. The highest BCUT2D eigenvalue weighted by Gasteiger charge is 2.23. The Morgan fingerprint density at radius 1 is 1.27 bits per heavy atom. The maximum Gasteiger partial charge on any atom is 0.160 e. The second-order valence-electron chi connectivity index (χ2n) is 6.61. The van der Waals surface area contributed by atoms with Crippen molar-refractivity contribution in [3.05, 3.63) is 53.3 Å². The summed E-state index contributed by atoms with van der Waals surface area (Å²) in [6, 6.07) is 12.3. The van der Waals surface area contributed by atoms with Gasteiger partial charge in [-0.1, -0.05) is 41.9 Å². The van der Waals surface area contributed by atoms with Gasteiger partial charge in [-0.3, -0.25) is 0 Å². The number of nitrogens with zero attached hydrogens (tertiary/aromatic N) is 4. The van der Waals surface area contributed by atoms with Crippen LogP contribution in [0.4, 0.5) is 5.82 Å². The number of halogens is 1. The van der Waals surface area contributed by atoms with Gasteiger partial charge >= 0.3 is 0 Å². The molecule has 3 aromatic rings. The lowest BCUT2D eigenvalue weighted by atomic mass is 10.2. The summed E-state index contributed by atoms with van der Waals surface area (Å²) in [4.78, 5) is 6.57. The third-order valence-corrected chi connectivity index (χ3v) is 5.07. The number of hydrogen-bond donors (Lipinski definition) is 0. The van der Waals surface area contributed by atoms with Crippen LogP contribution in [0.2, 0.25) is 5.15 Å². The number of rotatable bonds is 5. The number of ether oxygens (including phenoxy) is 1. The molecule has 0 radical (unpaired) electrons. The monoisotopic (exact) mass is 370 g/mol.